The van der Waals surface area contributed by atoms with Crippen molar-refractivity contribution in [2.24, 2.45) is 0 Å². The van der Waals surface area contributed by atoms with E-state index in [9.17, 15) is 27.2 Å². The summed E-state index contributed by atoms with van der Waals surface area (Å²) in [6.45, 7) is 2.44. The Bertz CT molecular complexity index is 960. The summed E-state index contributed by atoms with van der Waals surface area (Å²) in [5, 5.41) is 0. The van der Waals surface area contributed by atoms with Gasteiger partial charge in [-0.05, 0) is 42.3 Å². The molecule has 2 aromatic carbocycles. The van der Waals surface area contributed by atoms with E-state index in [4.69, 9.17) is 0 Å². The molecule has 0 bridgehead atoms. The minimum absolute atomic E-state index is 0.139. The Morgan fingerprint density at radius 1 is 0.900 bits per heavy atom. The predicted molar refractivity (Wildman–Crippen MR) is 104 cm³/mol. The number of amides is 2. The molecular formula is C22H20F4N2O2. The van der Waals surface area contributed by atoms with Crippen LogP contribution in [0.15, 0.2) is 54.6 Å². The van der Waals surface area contributed by atoms with E-state index >= 15 is 0 Å². The molecule has 0 saturated carbocycles. The maximum atomic E-state index is 13.2. The number of rotatable bonds is 3. The molecule has 2 amide bonds. The lowest BCUT2D eigenvalue weighted by atomic mass is 10.1. The van der Waals surface area contributed by atoms with Crippen LogP contribution in [0.2, 0.25) is 0 Å². The lowest BCUT2D eigenvalue weighted by molar-refractivity contribution is -0.138. The monoisotopic (exact) mass is 420 g/mol. The third-order valence-electron chi connectivity index (χ3n) is 4.98. The first-order valence-electron chi connectivity index (χ1n) is 9.35. The lowest BCUT2D eigenvalue weighted by Gasteiger charge is -2.34. The molecular weight excluding hydrogens is 400 g/mol. The zero-order chi connectivity index (χ0) is 21.9. The summed E-state index contributed by atoms with van der Waals surface area (Å²) >= 11 is 0. The fraction of sp³-hybridized carbons (Fsp3) is 0.273. The van der Waals surface area contributed by atoms with Gasteiger partial charge in [-0.25, -0.2) is 4.39 Å². The quantitative estimate of drug-likeness (QED) is 0.551. The molecule has 0 aliphatic carbocycles. The first kappa shape index (κ1) is 21.5. The fourth-order valence-electron chi connectivity index (χ4n) is 3.29. The predicted octanol–water partition coefficient (Wildman–Crippen LogP) is 4.23. The Morgan fingerprint density at radius 2 is 1.47 bits per heavy atom. The Labute approximate surface area is 171 Å². The fourth-order valence-corrected chi connectivity index (χ4v) is 3.29. The molecule has 2 aromatic rings. The summed E-state index contributed by atoms with van der Waals surface area (Å²) in [4.78, 5) is 28.0. The maximum Gasteiger partial charge on any atom is 0.417 e. The molecule has 0 N–H and O–H groups in total. The Hall–Kier alpha value is -3.16. The van der Waals surface area contributed by atoms with Gasteiger partial charge in [0.05, 0.1) is 11.1 Å². The van der Waals surface area contributed by atoms with Crippen molar-refractivity contribution in [3.8, 4) is 0 Å². The van der Waals surface area contributed by atoms with Crippen LogP contribution in [0.1, 0.15) is 28.4 Å². The highest BCUT2D eigenvalue weighted by atomic mass is 19.4. The van der Waals surface area contributed by atoms with Crippen molar-refractivity contribution in [2.45, 2.75) is 13.1 Å². The molecule has 158 valence electrons. The number of halogens is 4. The van der Waals surface area contributed by atoms with E-state index in [1.54, 1.807) is 19.1 Å². The van der Waals surface area contributed by atoms with E-state index in [1.807, 2.05) is 0 Å². The number of benzene rings is 2. The van der Waals surface area contributed by atoms with E-state index in [0.717, 1.165) is 12.1 Å². The van der Waals surface area contributed by atoms with Crippen molar-refractivity contribution in [3.63, 3.8) is 0 Å². The summed E-state index contributed by atoms with van der Waals surface area (Å²) in [5.41, 5.74) is 0.0168. The molecule has 0 radical (unpaired) electrons. The molecule has 1 aliphatic heterocycles. The van der Waals surface area contributed by atoms with Crippen LogP contribution in [0.4, 0.5) is 17.6 Å². The third kappa shape index (κ3) is 4.87. The SMILES string of the molecule is C/C(=C\C(=O)N1CCN(C(=O)c2ccccc2C(F)(F)F)CC1)c1ccc(F)cc1. The molecule has 1 saturated heterocycles. The van der Waals surface area contributed by atoms with Crippen LogP contribution in [-0.2, 0) is 11.0 Å². The topological polar surface area (TPSA) is 40.6 Å². The zero-order valence-electron chi connectivity index (χ0n) is 16.2. The molecule has 0 spiro atoms. The van der Waals surface area contributed by atoms with Gasteiger partial charge in [0.15, 0.2) is 0 Å². The molecule has 8 heteroatoms. The van der Waals surface area contributed by atoms with Crippen molar-refractivity contribution >= 4 is 17.4 Å². The first-order chi connectivity index (χ1) is 14.2. The van der Waals surface area contributed by atoms with Crippen LogP contribution < -0.4 is 0 Å². The molecule has 0 atom stereocenters. The Morgan fingerprint density at radius 3 is 2.07 bits per heavy atom. The average molecular weight is 420 g/mol. The summed E-state index contributed by atoms with van der Waals surface area (Å²) in [6.07, 6.45) is -3.18. The molecule has 0 aromatic heterocycles. The summed E-state index contributed by atoms with van der Waals surface area (Å²) in [5.74, 6) is -1.33. The summed E-state index contributed by atoms with van der Waals surface area (Å²) in [6, 6.07) is 10.4. The van der Waals surface area contributed by atoms with Gasteiger partial charge in [-0.15, -0.1) is 0 Å². The minimum atomic E-state index is -4.62. The number of alkyl halides is 3. The van der Waals surface area contributed by atoms with Crippen LogP contribution in [-0.4, -0.2) is 47.8 Å². The highest BCUT2D eigenvalue weighted by Gasteiger charge is 2.36. The van der Waals surface area contributed by atoms with Crippen LogP contribution in [0.25, 0.3) is 5.57 Å². The lowest BCUT2D eigenvalue weighted by Crippen LogP contribution is -2.50. The number of hydrogen-bond donors (Lipinski definition) is 0. The van der Waals surface area contributed by atoms with Gasteiger partial charge < -0.3 is 9.80 Å². The van der Waals surface area contributed by atoms with E-state index in [2.05, 4.69) is 0 Å². The summed E-state index contributed by atoms with van der Waals surface area (Å²) in [7, 11) is 0. The van der Waals surface area contributed by atoms with E-state index in [1.165, 1.54) is 40.1 Å². The number of piperazine rings is 1. The molecule has 30 heavy (non-hydrogen) atoms. The van der Waals surface area contributed by atoms with Gasteiger partial charge >= 0.3 is 6.18 Å². The maximum absolute atomic E-state index is 13.2. The van der Waals surface area contributed by atoms with Crippen LogP contribution in [0, 0.1) is 5.82 Å². The van der Waals surface area contributed by atoms with Crippen molar-refractivity contribution < 1.29 is 27.2 Å². The zero-order valence-corrected chi connectivity index (χ0v) is 16.2. The van der Waals surface area contributed by atoms with Gasteiger partial charge in [-0.2, -0.15) is 13.2 Å². The van der Waals surface area contributed by atoms with Crippen molar-refractivity contribution in [3.05, 3.63) is 77.1 Å². The second-order valence-electron chi connectivity index (χ2n) is 7.00. The third-order valence-corrected chi connectivity index (χ3v) is 4.98. The summed E-state index contributed by atoms with van der Waals surface area (Å²) < 4.78 is 52.6. The van der Waals surface area contributed by atoms with Gasteiger partial charge in [0, 0.05) is 32.3 Å². The Balaban J connectivity index is 1.65. The molecule has 4 nitrogen and oxygen atoms in total. The van der Waals surface area contributed by atoms with Crippen molar-refractivity contribution in [1.29, 1.82) is 0 Å². The molecule has 1 heterocycles. The number of carbonyl (C=O) groups is 2. The van der Waals surface area contributed by atoms with Gasteiger partial charge in [0.1, 0.15) is 5.82 Å². The van der Waals surface area contributed by atoms with Crippen LogP contribution in [0.5, 0.6) is 0 Å². The van der Waals surface area contributed by atoms with Crippen molar-refractivity contribution in [2.75, 3.05) is 26.2 Å². The standard InChI is InChI=1S/C22H20F4N2O2/c1-15(16-6-8-17(23)9-7-16)14-20(29)27-10-12-28(13-11-27)21(30)18-4-2-3-5-19(18)22(24,25)26/h2-9,14H,10-13H2,1H3/b15-14+. The largest absolute Gasteiger partial charge is 0.417 e. The second kappa shape index (κ2) is 8.69. The average Bonchev–Trinajstić information content (AvgIpc) is 2.73. The molecule has 0 unspecified atom stereocenters. The highest BCUT2D eigenvalue weighted by Crippen LogP contribution is 2.32. The second-order valence-corrected chi connectivity index (χ2v) is 7.00. The Kier molecular flexibility index (Phi) is 6.24. The van der Waals surface area contributed by atoms with E-state index < -0.39 is 23.2 Å². The normalized spacial score (nSPS) is 15.3. The van der Waals surface area contributed by atoms with Crippen LogP contribution in [0.3, 0.4) is 0 Å². The van der Waals surface area contributed by atoms with E-state index in [0.29, 0.717) is 11.1 Å². The first-order valence-corrected chi connectivity index (χ1v) is 9.35. The van der Waals surface area contributed by atoms with Crippen LogP contribution >= 0.6 is 0 Å². The van der Waals surface area contributed by atoms with Gasteiger partial charge in [0.25, 0.3) is 5.91 Å². The highest BCUT2D eigenvalue weighted by molar-refractivity contribution is 5.97. The number of hydrogen-bond acceptors (Lipinski definition) is 2. The molecule has 3 rings (SSSR count). The molecule has 1 aliphatic rings. The number of nitrogens with zero attached hydrogens (tertiary/aromatic N) is 2. The van der Waals surface area contributed by atoms with Crippen molar-refractivity contribution in [1.82, 2.24) is 9.80 Å². The number of allylic oxidation sites excluding steroid dienone is 1. The smallest absolute Gasteiger partial charge is 0.336 e. The number of carbonyl (C=O) groups excluding carboxylic acids is 2. The van der Waals surface area contributed by atoms with E-state index in [-0.39, 0.29) is 37.9 Å². The van der Waals surface area contributed by atoms with Gasteiger partial charge in [0.2, 0.25) is 5.91 Å². The van der Waals surface area contributed by atoms with Gasteiger partial charge in [-0.1, -0.05) is 24.3 Å². The molecule has 1 fully saturated rings. The minimum Gasteiger partial charge on any atom is -0.336 e. The van der Waals surface area contributed by atoms with Gasteiger partial charge in [-0.3, -0.25) is 9.59 Å².